The molecule has 0 unspecified atom stereocenters. The van der Waals surface area contributed by atoms with E-state index in [0.717, 1.165) is 50.6 Å². The lowest BCUT2D eigenvalue weighted by Gasteiger charge is -2.25. The van der Waals surface area contributed by atoms with Gasteiger partial charge in [0, 0.05) is 33.8 Å². The highest BCUT2D eigenvalue weighted by molar-refractivity contribution is 5.84. The van der Waals surface area contributed by atoms with Crippen molar-refractivity contribution in [3.8, 4) is 40.1 Å². The first kappa shape index (κ1) is 27.2. The number of para-hydroxylation sites is 4. The Kier molecular flexibility index (Phi) is 7.05. The lowest BCUT2D eigenvalue weighted by atomic mass is 10.1. The standard InChI is InChI=1S/C40H28N6/c1-5-15-29(16-6-1)37-42-38(30-17-7-2-8-18-30)44-40(43-37)46-36-24-14-13-23-35(36)41-39(46)31-25-27-34(28-26-31)45(32-19-9-3-10-20-32)33-21-11-4-12-22-33/h1-28H. The fourth-order valence-electron chi connectivity index (χ4n) is 5.68. The number of hydrogen-bond acceptors (Lipinski definition) is 5. The van der Waals surface area contributed by atoms with Crippen LogP contribution in [0.1, 0.15) is 0 Å². The normalized spacial score (nSPS) is 11.0. The molecule has 0 spiro atoms. The zero-order valence-corrected chi connectivity index (χ0v) is 24.8. The lowest BCUT2D eigenvalue weighted by molar-refractivity contribution is 0.929. The summed E-state index contributed by atoms with van der Waals surface area (Å²) in [4.78, 5) is 22.3. The SMILES string of the molecule is c1ccc(-c2nc(-c3ccccc3)nc(-n3c(-c4ccc(N(c5ccccc5)c5ccccc5)cc4)nc4ccccc43)n2)cc1. The van der Waals surface area contributed by atoms with E-state index in [0.29, 0.717) is 17.6 Å². The number of aromatic nitrogens is 5. The van der Waals surface area contributed by atoms with E-state index in [9.17, 15) is 0 Å². The summed E-state index contributed by atoms with van der Waals surface area (Å²) in [6.45, 7) is 0. The zero-order valence-electron chi connectivity index (χ0n) is 24.8. The Bertz CT molecular complexity index is 2130. The third kappa shape index (κ3) is 5.18. The fraction of sp³-hybridized carbons (Fsp3) is 0. The fourth-order valence-corrected chi connectivity index (χ4v) is 5.68. The van der Waals surface area contributed by atoms with Crippen LogP contribution in [0.2, 0.25) is 0 Å². The smallest absolute Gasteiger partial charge is 0.240 e. The molecule has 218 valence electrons. The molecule has 0 fully saturated rings. The molecule has 0 saturated carbocycles. The Hall–Kier alpha value is -6.40. The van der Waals surface area contributed by atoms with Gasteiger partial charge in [0.1, 0.15) is 5.82 Å². The van der Waals surface area contributed by atoms with Gasteiger partial charge in [0.25, 0.3) is 0 Å². The van der Waals surface area contributed by atoms with Gasteiger partial charge in [0.05, 0.1) is 11.0 Å². The maximum atomic E-state index is 5.10. The van der Waals surface area contributed by atoms with E-state index in [1.807, 2.05) is 95.6 Å². The van der Waals surface area contributed by atoms with Crippen LogP contribution in [0.15, 0.2) is 170 Å². The Morgan fingerprint density at radius 2 is 0.826 bits per heavy atom. The van der Waals surface area contributed by atoms with Crippen LogP contribution in [0.25, 0.3) is 51.1 Å². The molecule has 6 heteroatoms. The second-order valence-electron chi connectivity index (χ2n) is 10.8. The highest BCUT2D eigenvalue weighted by atomic mass is 15.2. The van der Waals surface area contributed by atoms with Gasteiger partial charge in [-0.2, -0.15) is 9.97 Å². The third-order valence-electron chi connectivity index (χ3n) is 7.86. The number of hydrogen-bond donors (Lipinski definition) is 0. The quantitative estimate of drug-likeness (QED) is 0.184. The van der Waals surface area contributed by atoms with Crippen molar-refractivity contribution in [1.29, 1.82) is 0 Å². The van der Waals surface area contributed by atoms with Gasteiger partial charge >= 0.3 is 0 Å². The van der Waals surface area contributed by atoms with Gasteiger partial charge in [-0.25, -0.2) is 9.97 Å². The summed E-state index contributed by atoms with van der Waals surface area (Å²) in [5.41, 5.74) is 7.77. The molecule has 2 aromatic heterocycles. The first-order valence-electron chi connectivity index (χ1n) is 15.2. The van der Waals surface area contributed by atoms with Gasteiger partial charge in [0.15, 0.2) is 11.6 Å². The van der Waals surface area contributed by atoms with Gasteiger partial charge in [-0.3, -0.25) is 4.57 Å². The first-order valence-corrected chi connectivity index (χ1v) is 15.2. The second kappa shape index (κ2) is 11.9. The van der Waals surface area contributed by atoms with Gasteiger partial charge in [-0.15, -0.1) is 0 Å². The number of nitrogens with zero attached hydrogens (tertiary/aromatic N) is 6. The van der Waals surface area contributed by atoms with Crippen molar-refractivity contribution >= 4 is 28.1 Å². The molecule has 8 rings (SSSR count). The minimum absolute atomic E-state index is 0.510. The average Bonchev–Trinajstić information content (AvgIpc) is 3.53. The molecule has 0 bridgehead atoms. The van der Waals surface area contributed by atoms with Crippen LogP contribution >= 0.6 is 0 Å². The number of rotatable bonds is 7. The summed E-state index contributed by atoms with van der Waals surface area (Å²) in [7, 11) is 0. The Morgan fingerprint density at radius 1 is 0.370 bits per heavy atom. The monoisotopic (exact) mass is 592 g/mol. The maximum absolute atomic E-state index is 5.10. The van der Waals surface area contributed by atoms with Crippen LogP contribution in [0, 0.1) is 0 Å². The zero-order chi connectivity index (χ0) is 30.7. The number of fused-ring (bicyclic) bond motifs is 1. The molecule has 0 amide bonds. The summed E-state index contributed by atoms with van der Waals surface area (Å²) < 4.78 is 2.04. The van der Waals surface area contributed by atoms with E-state index in [2.05, 4.69) is 83.8 Å². The molecule has 2 heterocycles. The molecule has 0 aliphatic heterocycles. The van der Waals surface area contributed by atoms with Crippen molar-refractivity contribution in [2.45, 2.75) is 0 Å². The highest BCUT2D eigenvalue weighted by Gasteiger charge is 2.20. The van der Waals surface area contributed by atoms with Crippen LogP contribution in [-0.2, 0) is 0 Å². The molecule has 0 saturated heterocycles. The van der Waals surface area contributed by atoms with E-state index in [-0.39, 0.29) is 0 Å². The van der Waals surface area contributed by atoms with Crippen molar-refractivity contribution < 1.29 is 0 Å². The van der Waals surface area contributed by atoms with Crippen molar-refractivity contribution in [1.82, 2.24) is 24.5 Å². The van der Waals surface area contributed by atoms with E-state index < -0.39 is 0 Å². The molecule has 0 aliphatic carbocycles. The molecular formula is C40H28N6. The lowest BCUT2D eigenvalue weighted by Crippen LogP contribution is -2.10. The van der Waals surface area contributed by atoms with Crippen molar-refractivity contribution in [2.75, 3.05) is 4.90 Å². The summed E-state index contributed by atoms with van der Waals surface area (Å²) in [5, 5.41) is 0. The van der Waals surface area contributed by atoms with E-state index in [4.69, 9.17) is 19.9 Å². The maximum Gasteiger partial charge on any atom is 0.240 e. The molecule has 6 nitrogen and oxygen atoms in total. The van der Waals surface area contributed by atoms with Crippen LogP contribution in [0.5, 0.6) is 0 Å². The molecule has 0 N–H and O–H groups in total. The molecular weight excluding hydrogens is 564 g/mol. The van der Waals surface area contributed by atoms with Crippen molar-refractivity contribution in [3.05, 3.63) is 170 Å². The Morgan fingerprint density at radius 3 is 1.37 bits per heavy atom. The predicted octanol–water partition coefficient (Wildman–Crippen LogP) is 9.68. The van der Waals surface area contributed by atoms with E-state index in [1.54, 1.807) is 0 Å². The topological polar surface area (TPSA) is 59.7 Å². The van der Waals surface area contributed by atoms with Gasteiger partial charge in [-0.1, -0.05) is 109 Å². The molecule has 0 radical (unpaired) electrons. The summed E-state index contributed by atoms with van der Waals surface area (Å²) in [6, 6.07) is 57.4. The number of anilines is 3. The number of imidazole rings is 1. The largest absolute Gasteiger partial charge is 0.311 e. The summed E-state index contributed by atoms with van der Waals surface area (Å²) in [6.07, 6.45) is 0. The minimum atomic E-state index is 0.510. The second-order valence-corrected chi connectivity index (χ2v) is 10.8. The molecule has 46 heavy (non-hydrogen) atoms. The highest BCUT2D eigenvalue weighted by Crippen LogP contribution is 2.36. The number of benzene rings is 6. The first-order chi connectivity index (χ1) is 22.8. The molecule has 0 atom stereocenters. The summed E-state index contributed by atoms with van der Waals surface area (Å²) >= 11 is 0. The van der Waals surface area contributed by atoms with Crippen LogP contribution < -0.4 is 4.90 Å². The molecule has 6 aromatic carbocycles. The third-order valence-corrected chi connectivity index (χ3v) is 7.86. The van der Waals surface area contributed by atoms with Crippen LogP contribution in [0.4, 0.5) is 17.1 Å². The van der Waals surface area contributed by atoms with Crippen LogP contribution in [-0.4, -0.2) is 24.5 Å². The van der Waals surface area contributed by atoms with E-state index >= 15 is 0 Å². The van der Waals surface area contributed by atoms with Gasteiger partial charge in [-0.05, 0) is 60.7 Å². The molecule has 0 aliphatic rings. The minimum Gasteiger partial charge on any atom is -0.311 e. The average molecular weight is 593 g/mol. The van der Waals surface area contributed by atoms with E-state index in [1.165, 1.54) is 0 Å². The van der Waals surface area contributed by atoms with Crippen molar-refractivity contribution in [3.63, 3.8) is 0 Å². The van der Waals surface area contributed by atoms with Gasteiger partial charge < -0.3 is 4.90 Å². The van der Waals surface area contributed by atoms with Crippen molar-refractivity contribution in [2.24, 2.45) is 0 Å². The Balaban J connectivity index is 1.29. The predicted molar refractivity (Wildman–Crippen MR) is 185 cm³/mol. The van der Waals surface area contributed by atoms with Crippen LogP contribution in [0.3, 0.4) is 0 Å². The van der Waals surface area contributed by atoms with Gasteiger partial charge in [0.2, 0.25) is 5.95 Å². The Labute approximate surface area is 267 Å². The summed E-state index contributed by atoms with van der Waals surface area (Å²) in [5.74, 6) is 2.47. The molecule has 8 aromatic rings.